The molecule has 2 aromatic rings. The van der Waals surface area contributed by atoms with Crippen LogP contribution >= 0.6 is 0 Å². The van der Waals surface area contributed by atoms with Crippen molar-refractivity contribution in [1.29, 1.82) is 0 Å². The molecule has 0 unspecified atom stereocenters. The van der Waals surface area contributed by atoms with Crippen LogP contribution in [0, 0.1) is 0 Å². The van der Waals surface area contributed by atoms with E-state index in [1.165, 1.54) is 41.6 Å². The molecule has 0 atom stereocenters. The molecule has 0 aliphatic carbocycles. The predicted molar refractivity (Wildman–Crippen MR) is 75.7 cm³/mol. The van der Waals surface area contributed by atoms with Gasteiger partial charge in [-0.3, -0.25) is 0 Å². The van der Waals surface area contributed by atoms with Crippen molar-refractivity contribution in [1.82, 2.24) is 0 Å². The van der Waals surface area contributed by atoms with Gasteiger partial charge in [0.1, 0.15) is 0 Å². The van der Waals surface area contributed by atoms with Gasteiger partial charge in [0.05, 0.1) is 0 Å². The summed E-state index contributed by atoms with van der Waals surface area (Å²) in [6, 6.07) is 17.5. The Morgan fingerprint density at radius 2 is 1.56 bits per heavy atom. The normalized spacial score (nSPS) is 11.3. The molecule has 0 saturated heterocycles. The molecule has 0 nitrogen and oxygen atoms in total. The summed E-state index contributed by atoms with van der Waals surface area (Å²) in [5, 5.41) is 0. The van der Waals surface area contributed by atoms with E-state index in [0.717, 1.165) is 0 Å². The Kier molecular flexibility index (Phi) is 3.97. The van der Waals surface area contributed by atoms with E-state index in [1.807, 2.05) is 0 Å². The van der Waals surface area contributed by atoms with Crippen molar-refractivity contribution < 1.29 is 19.4 Å². The van der Waals surface area contributed by atoms with Gasteiger partial charge in [-0.05, 0) is 0 Å². The zero-order chi connectivity index (χ0) is 13.2. The predicted octanol–water partition coefficient (Wildman–Crippen LogP) is 4.35. The fourth-order valence-electron chi connectivity index (χ4n) is 1.95. The molecule has 0 bridgehead atoms. The maximum atomic E-state index is 2.32. The first-order valence-electron chi connectivity index (χ1n) is 6.17. The molecule has 1 heteroatoms. The molecule has 18 heavy (non-hydrogen) atoms. The molecule has 92 valence electrons. The van der Waals surface area contributed by atoms with Crippen LogP contribution in [0.2, 0.25) is 0 Å². The van der Waals surface area contributed by atoms with Crippen LogP contribution in [0.3, 0.4) is 0 Å². The third-order valence-corrected chi connectivity index (χ3v) is 4.04. The molecule has 0 radical (unpaired) electrons. The average molecular weight is 406 g/mol. The average Bonchev–Trinajstić information content (AvgIpc) is 2.38. The standard InChI is InChI=1S/C17H18.W/c1-13-10-15(14-8-6-5-7-9-14)12-16(11-13)17(2,3)4;/h1,5-12H,2-4H3;. The van der Waals surface area contributed by atoms with E-state index in [2.05, 4.69) is 73.7 Å². The Morgan fingerprint density at radius 3 is 2.11 bits per heavy atom. The molecule has 2 rings (SSSR count). The summed E-state index contributed by atoms with van der Waals surface area (Å²) >= 11 is 1.50. The van der Waals surface area contributed by atoms with Crippen LogP contribution in [0.15, 0.2) is 48.5 Å². The molecular formula is C17H18W. The summed E-state index contributed by atoms with van der Waals surface area (Å²) in [6.07, 6.45) is 0. The van der Waals surface area contributed by atoms with Gasteiger partial charge >= 0.3 is 121 Å². The number of hydrogen-bond donors (Lipinski definition) is 0. The second kappa shape index (κ2) is 5.32. The third kappa shape index (κ3) is 3.06. The van der Waals surface area contributed by atoms with Crippen LogP contribution in [-0.2, 0) is 24.8 Å². The molecular weight excluding hydrogens is 388 g/mol. The van der Waals surface area contributed by atoms with Gasteiger partial charge in [0, 0.05) is 0 Å². The molecule has 2 aromatic carbocycles. The summed E-state index contributed by atoms with van der Waals surface area (Å²) in [6.45, 7) is 6.80. The van der Waals surface area contributed by atoms with Crippen LogP contribution in [0.4, 0.5) is 0 Å². The van der Waals surface area contributed by atoms with Gasteiger partial charge in [-0.1, -0.05) is 0 Å². The summed E-state index contributed by atoms with van der Waals surface area (Å²) in [7, 11) is 0. The van der Waals surface area contributed by atoms with Gasteiger partial charge in [0.15, 0.2) is 0 Å². The van der Waals surface area contributed by atoms with Crippen molar-refractivity contribution in [2.45, 2.75) is 26.2 Å². The number of rotatable bonds is 2. The fourth-order valence-corrected chi connectivity index (χ4v) is 2.44. The van der Waals surface area contributed by atoms with Crippen molar-refractivity contribution >= 4 is 4.40 Å². The second-order valence-electron chi connectivity index (χ2n) is 5.58. The number of benzene rings is 2. The summed E-state index contributed by atoms with van der Waals surface area (Å²) in [4.78, 5) is 0. The van der Waals surface area contributed by atoms with Crippen LogP contribution in [0.5, 0.6) is 0 Å². The third-order valence-electron chi connectivity index (χ3n) is 3.06. The van der Waals surface area contributed by atoms with E-state index >= 15 is 0 Å². The first-order chi connectivity index (χ1) is 8.50. The monoisotopic (exact) mass is 406 g/mol. The Morgan fingerprint density at radius 1 is 0.889 bits per heavy atom. The van der Waals surface area contributed by atoms with Crippen molar-refractivity contribution in [3.8, 4) is 11.1 Å². The van der Waals surface area contributed by atoms with Gasteiger partial charge < -0.3 is 0 Å². The summed E-state index contributed by atoms with van der Waals surface area (Å²) in [5.41, 5.74) is 5.53. The van der Waals surface area contributed by atoms with Crippen molar-refractivity contribution in [3.05, 3.63) is 59.7 Å². The molecule has 0 fully saturated rings. The van der Waals surface area contributed by atoms with Crippen molar-refractivity contribution in [2.24, 2.45) is 0 Å². The fraction of sp³-hybridized carbons (Fsp3) is 0.235. The summed E-state index contributed by atoms with van der Waals surface area (Å²) < 4.78 is 2.25. The molecule has 0 aromatic heterocycles. The van der Waals surface area contributed by atoms with Gasteiger partial charge in [-0.2, -0.15) is 0 Å². The van der Waals surface area contributed by atoms with Gasteiger partial charge in [0.25, 0.3) is 0 Å². The van der Waals surface area contributed by atoms with E-state index < -0.39 is 0 Å². The van der Waals surface area contributed by atoms with Crippen LogP contribution in [0.1, 0.15) is 31.9 Å². The van der Waals surface area contributed by atoms with Crippen LogP contribution < -0.4 is 0 Å². The first-order valence-corrected chi connectivity index (χ1v) is 7.86. The zero-order valence-corrected chi connectivity index (χ0v) is 14.0. The van der Waals surface area contributed by atoms with Crippen molar-refractivity contribution in [2.75, 3.05) is 0 Å². The molecule has 0 spiro atoms. The van der Waals surface area contributed by atoms with E-state index in [1.54, 1.807) is 0 Å². The molecule has 0 heterocycles. The van der Waals surface area contributed by atoms with Crippen LogP contribution in [-0.4, -0.2) is 4.40 Å². The van der Waals surface area contributed by atoms with E-state index in [4.69, 9.17) is 0 Å². The zero-order valence-electron chi connectivity index (χ0n) is 11.1. The van der Waals surface area contributed by atoms with Crippen LogP contribution in [0.25, 0.3) is 11.1 Å². The Labute approximate surface area is 120 Å². The van der Waals surface area contributed by atoms with Gasteiger partial charge in [-0.15, -0.1) is 0 Å². The quantitative estimate of drug-likeness (QED) is 0.696. The second-order valence-corrected chi connectivity index (χ2v) is 6.42. The summed E-state index contributed by atoms with van der Waals surface area (Å²) in [5.74, 6) is 0. The van der Waals surface area contributed by atoms with E-state index in [-0.39, 0.29) is 5.41 Å². The minimum atomic E-state index is 0.192. The van der Waals surface area contributed by atoms with E-state index in [9.17, 15) is 0 Å². The molecule has 0 aliphatic heterocycles. The van der Waals surface area contributed by atoms with Gasteiger partial charge in [-0.25, -0.2) is 0 Å². The first kappa shape index (κ1) is 13.4. The number of hydrogen-bond acceptors (Lipinski definition) is 0. The maximum absolute atomic E-state index is 2.32. The molecule has 0 saturated carbocycles. The minimum absolute atomic E-state index is 0.192. The molecule has 0 N–H and O–H groups in total. The SMILES string of the molecule is CC(C)(C)c1cc([CH]=[W])cc(-c2ccccc2)c1. The topological polar surface area (TPSA) is 0 Å². The molecule has 0 amide bonds. The molecule has 0 aliphatic rings. The van der Waals surface area contributed by atoms with E-state index in [0.29, 0.717) is 0 Å². The Balaban J connectivity index is 2.58. The Bertz CT molecular complexity index is 548. The van der Waals surface area contributed by atoms with Crippen molar-refractivity contribution in [3.63, 3.8) is 0 Å². The van der Waals surface area contributed by atoms with Gasteiger partial charge in [0.2, 0.25) is 0 Å². The Hall–Kier alpha value is -1.00.